The average Bonchev–Trinajstić information content (AvgIpc) is 0.738. The van der Waals surface area contributed by atoms with Gasteiger partial charge in [0.15, 0.2) is 16.6 Å². The van der Waals surface area contributed by atoms with Gasteiger partial charge < -0.3 is 48.2 Å². The maximum absolute atomic E-state index is 13.7. The quantitative estimate of drug-likeness (QED) is 0.00933. The summed E-state index contributed by atoms with van der Waals surface area (Å²) in [4.78, 5) is 69.2. The molecule has 0 radical (unpaired) electrons. The van der Waals surface area contributed by atoms with E-state index in [1.54, 1.807) is 48.5 Å². The number of carbonyl (C=O) groups is 4. The molecule has 2 aromatic carbocycles. The number of esters is 4. The van der Waals surface area contributed by atoms with E-state index in [1.807, 2.05) is 83.1 Å². The Morgan fingerprint density at radius 3 is 1.09 bits per heavy atom. The zero-order valence-electron chi connectivity index (χ0n) is 62.2. The summed E-state index contributed by atoms with van der Waals surface area (Å²) in [5, 5.41) is 9.09. The molecule has 0 bridgehead atoms. The van der Waals surface area contributed by atoms with Crippen molar-refractivity contribution >= 4 is 98.3 Å². The smallest absolute Gasteiger partial charge is 0.345 e. The van der Waals surface area contributed by atoms with Gasteiger partial charge in [-0.15, -0.1) is 0 Å². The average molecular weight is 1350 g/mol. The van der Waals surface area contributed by atoms with E-state index < -0.39 is 92.1 Å². The van der Waals surface area contributed by atoms with Crippen molar-refractivity contribution in [1.82, 2.24) is 15.0 Å². The minimum atomic E-state index is -2.76. The molecule has 0 saturated carbocycles. The lowest BCUT2D eigenvalue weighted by molar-refractivity contribution is -0.154. The van der Waals surface area contributed by atoms with Gasteiger partial charge in [-0.2, -0.15) is 15.0 Å². The number of hydrogen-bond donors (Lipinski definition) is 3. The third-order valence-electron chi connectivity index (χ3n) is 17.7. The Labute approximate surface area is 559 Å². The summed E-state index contributed by atoms with van der Waals surface area (Å²) in [6.07, 6.45) is 4.66. The number of hydrogen-bond acceptors (Lipinski definition) is 17. The van der Waals surface area contributed by atoms with E-state index in [0.29, 0.717) is 60.7 Å². The zero-order chi connectivity index (χ0) is 70.3. The van der Waals surface area contributed by atoms with Crippen molar-refractivity contribution in [3.63, 3.8) is 0 Å². The van der Waals surface area contributed by atoms with Crippen molar-refractivity contribution in [1.29, 1.82) is 0 Å². The van der Waals surface area contributed by atoms with Gasteiger partial charge in [-0.3, -0.25) is 0 Å². The van der Waals surface area contributed by atoms with Crippen molar-refractivity contribution < 1.29 is 51.4 Å². The third kappa shape index (κ3) is 25.6. The van der Waals surface area contributed by atoms with Crippen LogP contribution in [0.5, 0.6) is 0 Å². The molecule has 0 fully saturated rings. The van der Waals surface area contributed by atoms with Crippen LogP contribution in [0, 0.1) is 23.7 Å². The summed E-state index contributed by atoms with van der Waals surface area (Å²) in [5.41, 5.74) is 1.41. The second kappa shape index (κ2) is 33.6. The molecule has 21 heteroatoms. The van der Waals surface area contributed by atoms with Gasteiger partial charge in [0.05, 0.1) is 43.3 Å². The van der Waals surface area contributed by atoms with Crippen molar-refractivity contribution in [2.75, 3.05) is 22.5 Å². The predicted octanol–water partition coefficient (Wildman–Crippen LogP) is 18.0. The molecular formula is C71H122N6O11Si4. The number of nitrogens with one attached hydrogen (secondary N) is 3. The molecule has 0 aliphatic heterocycles. The number of anilines is 5. The molecule has 0 aliphatic rings. The van der Waals surface area contributed by atoms with Crippen LogP contribution in [0.15, 0.2) is 59.7 Å². The Morgan fingerprint density at radius 2 is 0.783 bits per heavy atom. The molecule has 0 aliphatic carbocycles. The van der Waals surface area contributed by atoms with Crippen LogP contribution in [0.1, 0.15) is 182 Å². The molecule has 0 saturated heterocycles. The van der Waals surface area contributed by atoms with Crippen LogP contribution in [0.2, 0.25) is 70.0 Å². The fraction of sp³-hybridized carbons (Fsp3) is 0.676. The van der Waals surface area contributed by atoms with Crippen LogP contribution in [-0.4, -0.2) is 119 Å². The van der Waals surface area contributed by atoms with E-state index in [2.05, 4.69) is 130 Å². The van der Waals surface area contributed by atoms with Gasteiger partial charge in [0.2, 0.25) is 26.2 Å². The second-order valence-corrected chi connectivity index (χ2v) is 50.9. The maximum Gasteiger partial charge on any atom is 0.345 e. The molecule has 17 nitrogen and oxygen atoms in total. The van der Waals surface area contributed by atoms with E-state index in [9.17, 15) is 19.2 Å². The van der Waals surface area contributed by atoms with Gasteiger partial charge in [0, 0.05) is 28.2 Å². The third-order valence-corrected chi connectivity index (χ3v) is 32.4. The van der Waals surface area contributed by atoms with Gasteiger partial charge in [-0.1, -0.05) is 113 Å². The van der Waals surface area contributed by atoms with Crippen LogP contribution in [-0.2, 0) is 51.4 Å². The second-order valence-electron chi connectivity index (χ2n) is 31.9. The highest BCUT2D eigenvalue weighted by molar-refractivity contribution is 6.82. The summed E-state index contributed by atoms with van der Waals surface area (Å²) < 4.78 is 45.1. The van der Waals surface area contributed by atoms with Crippen molar-refractivity contribution in [2.24, 2.45) is 23.7 Å². The molecule has 518 valence electrons. The minimum Gasteiger partial charge on any atom is -0.459 e. The molecule has 3 N–H and O–H groups in total. The first-order valence-corrected chi connectivity index (χ1v) is 46.0. The van der Waals surface area contributed by atoms with E-state index >= 15 is 0 Å². The monoisotopic (exact) mass is 1350 g/mol. The van der Waals surface area contributed by atoms with Gasteiger partial charge >= 0.3 is 23.9 Å². The number of carbonyl (C=O) groups excluding carboxylic acids is 4. The normalized spacial score (nSPS) is 14.8. The molecule has 3 rings (SSSR count). The van der Waals surface area contributed by atoms with Crippen molar-refractivity contribution in [3.05, 3.63) is 70.8 Å². The highest BCUT2D eigenvalue weighted by Crippen LogP contribution is 2.55. The number of benzene rings is 2. The first kappa shape index (κ1) is 81.2. The number of aromatic nitrogens is 3. The summed E-state index contributed by atoms with van der Waals surface area (Å²) in [6, 6.07) is 15.1. The first-order chi connectivity index (χ1) is 42.0. The number of rotatable bonds is 37. The minimum absolute atomic E-state index is 0.193. The van der Waals surface area contributed by atoms with Crippen molar-refractivity contribution in [3.8, 4) is 0 Å². The lowest BCUT2D eigenvalue weighted by atomic mass is 9.93. The predicted molar refractivity (Wildman–Crippen MR) is 389 cm³/mol. The highest BCUT2D eigenvalue weighted by atomic mass is 28.4. The lowest BCUT2D eigenvalue weighted by Gasteiger charge is -2.58. The molecule has 0 amide bonds. The van der Waals surface area contributed by atoms with E-state index in [4.69, 9.17) is 47.2 Å². The first-order valence-electron chi connectivity index (χ1n) is 33.6. The lowest BCUT2D eigenvalue weighted by Crippen LogP contribution is -2.67. The fourth-order valence-electron chi connectivity index (χ4n) is 11.0. The van der Waals surface area contributed by atoms with Crippen LogP contribution in [0.25, 0.3) is 12.2 Å². The SMILES string of the molecule is CC(C)CC(C)OC(=O)C(=Cc1ccc(Nc2nc(NCCC[Si](C)(OC(C)(C)[Si](C)(C)C)C(C)(C)C(C)(C)O[Si](C)(C)C(C)(C)O[Si](C)(C)C)nc(Nc3ccc(C=C(C(=O)OC(C)CC(C)C)C(=O)OC(C)CC(C)C)cc3)n2)cc1)C(=O)OC(C)CC(C)C. The standard InChI is InChI=1S/C71H122N6O11Si4/c1-47(2)41-51(9)82-61(78)59(62(79)83-52(10)42-48(3)4)45-55-31-35-57(36-32-55)73-66-75-65(72-39-30-40-92(29,88-70(17,18)89(21,22)23)69(15,16)68(13,14)86-91(27,28)71(19,20)87-90(24,25)26)76-67(77-66)74-58-37-33-56(34-38-58)46-60(63(80)84-53(11)43-49(5)6)64(81)85-54(12)44-50(7)8/h31-38,45-54H,30,39-44H2,1-29H3,(H3,72,73,74,75,76,77). The van der Waals surface area contributed by atoms with Crippen LogP contribution in [0.4, 0.5) is 29.2 Å². The Kier molecular flexibility index (Phi) is 29.6. The fourth-order valence-corrected chi connectivity index (χ4v) is 22.5. The van der Waals surface area contributed by atoms with E-state index in [1.165, 1.54) is 12.2 Å². The Bertz CT molecular complexity index is 2750. The number of ether oxygens (including phenoxy) is 4. The molecule has 5 atom stereocenters. The van der Waals surface area contributed by atoms with E-state index in [-0.39, 0.29) is 57.0 Å². The van der Waals surface area contributed by atoms with E-state index in [0.717, 1.165) is 12.5 Å². The molecule has 92 heavy (non-hydrogen) atoms. The summed E-state index contributed by atoms with van der Waals surface area (Å²) in [7, 11) is -9.05. The van der Waals surface area contributed by atoms with Crippen LogP contribution in [0.3, 0.4) is 0 Å². The van der Waals surface area contributed by atoms with Crippen LogP contribution < -0.4 is 16.0 Å². The Morgan fingerprint density at radius 1 is 0.457 bits per heavy atom. The van der Waals surface area contributed by atoms with Crippen LogP contribution >= 0.6 is 0 Å². The molecule has 0 spiro atoms. The molecule has 5 unspecified atom stereocenters. The largest absolute Gasteiger partial charge is 0.459 e. The highest BCUT2D eigenvalue weighted by Gasteiger charge is 2.60. The topological polar surface area (TPSA) is 208 Å². The summed E-state index contributed by atoms with van der Waals surface area (Å²) in [6.45, 7) is 63.1. The van der Waals surface area contributed by atoms with Gasteiger partial charge in [0.25, 0.3) is 0 Å². The van der Waals surface area contributed by atoms with Crippen molar-refractivity contribution in [2.45, 2.75) is 281 Å². The molecule has 3 aromatic rings. The maximum atomic E-state index is 13.7. The van der Waals surface area contributed by atoms with Gasteiger partial charge in [0.1, 0.15) is 11.1 Å². The molecule has 1 heterocycles. The zero-order valence-corrected chi connectivity index (χ0v) is 66.2. The molecule has 1 aromatic heterocycles. The Hall–Kier alpha value is -5.04. The summed E-state index contributed by atoms with van der Waals surface area (Å²) >= 11 is 0. The molecular weight excluding hydrogens is 1230 g/mol. The van der Waals surface area contributed by atoms with Gasteiger partial charge in [-0.25, -0.2) is 19.2 Å². The van der Waals surface area contributed by atoms with Gasteiger partial charge in [-0.05, 0) is 218 Å². The Balaban J connectivity index is 2.16. The number of nitrogens with zero attached hydrogens (tertiary/aromatic N) is 3. The summed E-state index contributed by atoms with van der Waals surface area (Å²) in [5.74, 6) is -1.07.